The molecule has 0 spiro atoms. The van der Waals surface area contributed by atoms with Crippen molar-refractivity contribution in [2.75, 3.05) is 19.6 Å². The second-order valence-electron chi connectivity index (χ2n) is 6.57. The van der Waals surface area contributed by atoms with E-state index in [0.717, 1.165) is 25.5 Å². The van der Waals surface area contributed by atoms with Crippen molar-refractivity contribution in [2.45, 2.75) is 53.1 Å². The zero-order valence-corrected chi connectivity index (χ0v) is 15.5. The predicted molar refractivity (Wildman–Crippen MR) is 92.6 cm³/mol. The fourth-order valence-corrected chi connectivity index (χ4v) is 1.66. The average molecular weight is 397 g/mol. The molecule has 0 aromatic heterocycles. The fraction of sp³-hybridized carbons (Fsp3) is 0.857. The summed E-state index contributed by atoms with van der Waals surface area (Å²) >= 11 is 0. The lowest BCUT2D eigenvalue weighted by Crippen LogP contribution is -2.43. The van der Waals surface area contributed by atoms with Crippen LogP contribution in [0.1, 0.15) is 47.5 Å². The minimum absolute atomic E-state index is 0. The molecule has 1 aliphatic rings. The third kappa shape index (κ3) is 7.31. The highest BCUT2D eigenvalue weighted by Gasteiger charge is 2.32. The van der Waals surface area contributed by atoms with Crippen LogP contribution in [0.4, 0.5) is 0 Å². The second-order valence-corrected chi connectivity index (χ2v) is 6.57. The average Bonchev–Trinajstić information content (AvgIpc) is 2.28. The topological polar surface area (TPSA) is 62.7 Å². The van der Waals surface area contributed by atoms with Gasteiger partial charge in [-0.25, -0.2) is 0 Å². The highest BCUT2D eigenvalue weighted by Crippen LogP contribution is 2.24. The van der Waals surface area contributed by atoms with Crippen LogP contribution in [0.25, 0.3) is 0 Å². The number of esters is 1. The number of nitrogens with one attached hydrogen (secondary N) is 2. The van der Waals surface area contributed by atoms with Crippen molar-refractivity contribution in [3.05, 3.63) is 0 Å². The zero-order valence-electron chi connectivity index (χ0n) is 13.2. The van der Waals surface area contributed by atoms with E-state index in [0.29, 0.717) is 13.0 Å². The van der Waals surface area contributed by atoms with Crippen LogP contribution in [-0.4, -0.2) is 37.2 Å². The molecule has 2 N–H and O–H groups in total. The predicted octanol–water partition coefficient (Wildman–Crippen LogP) is 2.30. The highest BCUT2D eigenvalue weighted by molar-refractivity contribution is 14.0. The summed E-state index contributed by atoms with van der Waals surface area (Å²) in [4.78, 5) is 16.4. The Morgan fingerprint density at radius 1 is 1.35 bits per heavy atom. The van der Waals surface area contributed by atoms with Gasteiger partial charge in [-0.3, -0.25) is 9.79 Å². The molecule has 0 fully saturated rings. The van der Waals surface area contributed by atoms with Crippen LogP contribution < -0.4 is 10.6 Å². The van der Waals surface area contributed by atoms with Gasteiger partial charge in [0, 0.05) is 19.6 Å². The Labute approximate surface area is 139 Å². The smallest absolute Gasteiger partial charge is 0.312 e. The van der Waals surface area contributed by atoms with E-state index >= 15 is 0 Å². The highest BCUT2D eigenvalue weighted by atomic mass is 127. The molecule has 1 aliphatic heterocycles. The first kappa shape index (κ1) is 19.5. The van der Waals surface area contributed by atoms with Gasteiger partial charge in [0.15, 0.2) is 5.96 Å². The van der Waals surface area contributed by atoms with Crippen LogP contribution in [0.15, 0.2) is 4.99 Å². The number of ether oxygens (including phenoxy) is 1. The van der Waals surface area contributed by atoms with Gasteiger partial charge in [0.2, 0.25) is 0 Å². The Morgan fingerprint density at radius 2 is 2.00 bits per heavy atom. The number of rotatable bonds is 4. The van der Waals surface area contributed by atoms with Gasteiger partial charge < -0.3 is 15.4 Å². The standard InChI is InChI=1S/C14H27N3O2.HI/c1-13(2,3)19-11(18)14(4,5)7-10-17-12-15-8-6-9-16-12;/h6-10H2,1-5H3,(H2,15,16,17);1H. The molecular formula is C14H28IN3O2. The summed E-state index contributed by atoms with van der Waals surface area (Å²) in [7, 11) is 0. The van der Waals surface area contributed by atoms with Gasteiger partial charge in [-0.2, -0.15) is 0 Å². The van der Waals surface area contributed by atoms with Crippen molar-refractivity contribution < 1.29 is 9.53 Å². The first-order chi connectivity index (χ1) is 8.71. The lowest BCUT2D eigenvalue weighted by Gasteiger charge is -2.28. The molecule has 20 heavy (non-hydrogen) atoms. The van der Waals surface area contributed by atoms with Gasteiger partial charge in [0.1, 0.15) is 5.60 Å². The SMILES string of the molecule is CC(C)(C)OC(=O)C(C)(C)CCNC1=NCCCN1.I. The van der Waals surface area contributed by atoms with Gasteiger partial charge in [0.05, 0.1) is 5.41 Å². The van der Waals surface area contributed by atoms with E-state index in [-0.39, 0.29) is 29.9 Å². The van der Waals surface area contributed by atoms with E-state index in [1.807, 2.05) is 34.6 Å². The molecule has 0 radical (unpaired) electrons. The maximum atomic E-state index is 12.1. The number of hydrogen-bond donors (Lipinski definition) is 2. The van der Waals surface area contributed by atoms with Crippen LogP contribution in [0, 0.1) is 5.41 Å². The van der Waals surface area contributed by atoms with Gasteiger partial charge in [-0.05, 0) is 47.5 Å². The van der Waals surface area contributed by atoms with Crippen LogP contribution in [0.2, 0.25) is 0 Å². The number of carbonyl (C=O) groups is 1. The number of nitrogens with zero attached hydrogens (tertiary/aromatic N) is 1. The van der Waals surface area contributed by atoms with Crippen molar-refractivity contribution in [1.82, 2.24) is 10.6 Å². The molecule has 0 saturated carbocycles. The number of carbonyl (C=O) groups excluding carboxylic acids is 1. The number of aliphatic imine (C=N–C) groups is 1. The van der Waals surface area contributed by atoms with Crippen molar-refractivity contribution in [2.24, 2.45) is 10.4 Å². The molecule has 0 atom stereocenters. The minimum atomic E-state index is -0.491. The molecule has 0 aromatic rings. The van der Waals surface area contributed by atoms with E-state index in [1.165, 1.54) is 0 Å². The normalized spacial score (nSPS) is 15.6. The number of hydrogen-bond acceptors (Lipinski definition) is 5. The first-order valence-electron chi connectivity index (χ1n) is 6.96. The molecular weight excluding hydrogens is 369 g/mol. The largest absolute Gasteiger partial charge is 0.460 e. The Morgan fingerprint density at radius 3 is 2.50 bits per heavy atom. The van der Waals surface area contributed by atoms with Crippen LogP contribution in [0.5, 0.6) is 0 Å². The summed E-state index contributed by atoms with van der Waals surface area (Å²) in [6, 6.07) is 0. The van der Waals surface area contributed by atoms with Crippen LogP contribution >= 0.6 is 24.0 Å². The summed E-state index contributed by atoms with van der Waals surface area (Å²) in [5.74, 6) is 0.687. The molecule has 5 nitrogen and oxygen atoms in total. The molecule has 6 heteroatoms. The maximum Gasteiger partial charge on any atom is 0.312 e. The van der Waals surface area contributed by atoms with Crippen LogP contribution in [-0.2, 0) is 9.53 Å². The van der Waals surface area contributed by atoms with E-state index in [4.69, 9.17) is 4.74 Å². The zero-order chi connectivity index (χ0) is 14.5. The molecule has 0 aromatic carbocycles. The Kier molecular flexibility index (Phi) is 7.83. The lowest BCUT2D eigenvalue weighted by molar-refractivity contribution is -0.165. The molecule has 0 unspecified atom stereocenters. The maximum absolute atomic E-state index is 12.1. The lowest BCUT2D eigenvalue weighted by atomic mass is 9.89. The van der Waals surface area contributed by atoms with E-state index in [1.54, 1.807) is 0 Å². The number of halogens is 1. The van der Waals surface area contributed by atoms with Crippen molar-refractivity contribution in [3.8, 4) is 0 Å². The summed E-state index contributed by atoms with van der Waals surface area (Å²) in [5, 5.41) is 6.42. The minimum Gasteiger partial charge on any atom is -0.460 e. The third-order valence-electron chi connectivity index (χ3n) is 2.89. The van der Waals surface area contributed by atoms with Gasteiger partial charge in [-0.15, -0.1) is 24.0 Å². The second kappa shape index (κ2) is 8.05. The molecule has 0 aliphatic carbocycles. The van der Waals surface area contributed by atoms with Gasteiger partial charge in [0.25, 0.3) is 0 Å². The molecule has 118 valence electrons. The Hall–Kier alpha value is -0.530. The Balaban J connectivity index is 0.00000361. The summed E-state index contributed by atoms with van der Waals surface area (Å²) < 4.78 is 5.43. The summed E-state index contributed by atoms with van der Waals surface area (Å²) in [6.45, 7) is 12.0. The van der Waals surface area contributed by atoms with Crippen molar-refractivity contribution in [1.29, 1.82) is 0 Å². The van der Waals surface area contributed by atoms with Crippen molar-refractivity contribution >= 4 is 35.9 Å². The van der Waals surface area contributed by atoms with Gasteiger partial charge >= 0.3 is 5.97 Å². The molecule has 1 heterocycles. The van der Waals surface area contributed by atoms with Crippen molar-refractivity contribution in [3.63, 3.8) is 0 Å². The monoisotopic (exact) mass is 397 g/mol. The first-order valence-corrected chi connectivity index (χ1v) is 6.96. The molecule has 0 saturated heterocycles. The van der Waals surface area contributed by atoms with Crippen LogP contribution in [0.3, 0.4) is 0 Å². The third-order valence-corrected chi connectivity index (χ3v) is 2.89. The van der Waals surface area contributed by atoms with Gasteiger partial charge in [-0.1, -0.05) is 0 Å². The quantitative estimate of drug-likeness (QED) is 0.565. The molecule has 1 rings (SSSR count). The van der Waals surface area contributed by atoms with E-state index in [2.05, 4.69) is 15.6 Å². The molecule has 0 bridgehead atoms. The summed E-state index contributed by atoms with van der Waals surface area (Å²) in [6.07, 6.45) is 1.79. The molecule has 0 amide bonds. The van der Waals surface area contributed by atoms with E-state index in [9.17, 15) is 4.79 Å². The number of guanidine groups is 1. The Bertz CT molecular complexity index is 349. The fourth-order valence-electron chi connectivity index (χ4n) is 1.66. The van der Waals surface area contributed by atoms with E-state index < -0.39 is 11.0 Å². The summed E-state index contributed by atoms with van der Waals surface area (Å²) in [5.41, 5.74) is -0.924.